The van der Waals surface area contributed by atoms with Crippen molar-refractivity contribution in [2.75, 3.05) is 0 Å². The van der Waals surface area contributed by atoms with Crippen LogP contribution in [-0.4, -0.2) is 5.10 Å². The molecule has 3 aromatic rings. The molecule has 3 rings (SSSR count). The lowest BCUT2D eigenvalue weighted by atomic mass is 10.1. The number of hydrogen-bond acceptors (Lipinski definition) is 2. The molecule has 2 aromatic carbocycles. The van der Waals surface area contributed by atoms with E-state index in [2.05, 4.69) is 5.10 Å². The highest BCUT2D eigenvalue weighted by atomic mass is 35.5. The summed E-state index contributed by atoms with van der Waals surface area (Å²) in [5, 5.41) is 17.4. The fourth-order valence-electron chi connectivity index (χ4n) is 1.87. The molecule has 1 heterocycles. The van der Waals surface area contributed by atoms with Gasteiger partial charge in [0, 0.05) is 21.8 Å². The van der Waals surface area contributed by atoms with Gasteiger partial charge in [-0.2, -0.15) is 0 Å². The van der Waals surface area contributed by atoms with E-state index in [4.69, 9.17) is 11.6 Å². The smallest absolute Gasteiger partial charge is 0.252 e. The second-order valence-corrected chi connectivity index (χ2v) is 4.40. The topological polar surface area (TPSA) is 39.8 Å². The molecule has 1 aromatic heterocycles. The molecule has 0 fully saturated rings. The van der Waals surface area contributed by atoms with Gasteiger partial charge in [-0.1, -0.05) is 35.9 Å². The Balaban J connectivity index is 2.21. The van der Waals surface area contributed by atoms with Crippen LogP contribution in [0.1, 0.15) is 0 Å². The van der Waals surface area contributed by atoms with Crippen molar-refractivity contribution >= 4 is 22.5 Å². The van der Waals surface area contributed by atoms with E-state index < -0.39 is 0 Å². The minimum atomic E-state index is 0.565. The third-order valence-electron chi connectivity index (χ3n) is 2.77. The van der Waals surface area contributed by atoms with Gasteiger partial charge in [-0.15, -0.1) is 0 Å². The molecule has 4 heteroatoms. The predicted molar refractivity (Wildman–Crippen MR) is 71.1 cm³/mol. The lowest BCUT2D eigenvalue weighted by Crippen LogP contribution is -2.32. The fourth-order valence-corrected chi connectivity index (χ4v) is 2.00. The second-order valence-electron chi connectivity index (χ2n) is 3.97. The van der Waals surface area contributed by atoms with Crippen molar-refractivity contribution in [3.63, 3.8) is 0 Å². The van der Waals surface area contributed by atoms with E-state index in [1.807, 2.05) is 36.4 Å². The van der Waals surface area contributed by atoms with Gasteiger partial charge in [0.15, 0.2) is 0 Å². The van der Waals surface area contributed by atoms with Crippen LogP contribution in [0, 0.1) is 5.21 Å². The zero-order valence-corrected chi connectivity index (χ0v) is 10.1. The zero-order chi connectivity index (χ0) is 12.5. The normalized spacial score (nSPS) is 10.7. The van der Waals surface area contributed by atoms with Crippen LogP contribution in [-0.2, 0) is 0 Å². The summed E-state index contributed by atoms with van der Waals surface area (Å²) in [6, 6.07) is 16.5. The summed E-state index contributed by atoms with van der Waals surface area (Å²) in [6.07, 6.45) is 0. The van der Waals surface area contributed by atoms with Crippen molar-refractivity contribution in [2.24, 2.45) is 0 Å². The third kappa shape index (κ3) is 1.89. The van der Waals surface area contributed by atoms with Gasteiger partial charge >= 0.3 is 0 Å². The van der Waals surface area contributed by atoms with Crippen LogP contribution in [0.15, 0.2) is 54.6 Å². The summed E-state index contributed by atoms with van der Waals surface area (Å²) >= 11 is 5.84. The van der Waals surface area contributed by atoms with Gasteiger partial charge in [0.25, 0.3) is 5.52 Å². The molecule has 0 bridgehead atoms. The largest absolute Gasteiger partial charge is 0.594 e. The maximum Gasteiger partial charge on any atom is 0.252 e. The molecule has 0 aliphatic heterocycles. The lowest BCUT2D eigenvalue weighted by molar-refractivity contribution is -0.641. The molecule has 0 atom stereocenters. The fraction of sp³-hybridized carbons (Fsp3) is 0. The van der Waals surface area contributed by atoms with E-state index >= 15 is 0 Å². The first-order chi connectivity index (χ1) is 8.74. The summed E-state index contributed by atoms with van der Waals surface area (Å²) in [7, 11) is 0. The maximum absolute atomic E-state index is 11.8. The highest BCUT2D eigenvalue weighted by molar-refractivity contribution is 6.30. The molecule has 0 unspecified atom stereocenters. The molecular weight excluding hydrogens is 248 g/mol. The monoisotopic (exact) mass is 256 g/mol. The Morgan fingerprint density at radius 2 is 1.72 bits per heavy atom. The van der Waals surface area contributed by atoms with Crippen molar-refractivity contribution in [2.45, 2.75) is 0 Å². The molecule has 0 aliphatic rings. The standard InChI is InChI=1S/C14H9ClN2O/c15-12-7-5-10(6-8-12)13-9-11-3-1-2-4-14(11)17(18)16-13/h1-9H. The predicted octanol–water partition coefficient (Wildman–Crippen LogP) is 3.19. The van der Waals surface area contributed by atoms with Gasteiger partial charge in [0.1, 0.15) is 5.69 Å². The number of benzene rings is 2. The molecule has 0 spiro atoms. The SMILES string of the molecule is [O-][n+]1nc(-c2ccc(Cl)cc2)cc2ccccc21. The van der Waals surface area contributed by atoms with E-state index in [1.54, 1.807) is 18.2 Å². The molecule has 18 heavy (non-hydrogen) atoms. The Morgan fingerprint density at radius 3 is 2.50 bits per heavy atom. The molecular formula is C14H9ClN2O. The second kappa shape index (κ2) is 4.27. The van der Waals surface area contributed by atoms with E-state index in [0.717, 1.165) is 10.9 Å². The van der Waals surface area contributed by atoms with Gasteiger partial charge in [-0.3, -0.25) is 0 Å². The van der Waals surface area contributed by atoms with Crippen molar-refractivity contribution in [3.05, 3.63) is 64.8 Å². The summed E-state index contributed by atoms with van der Waals surface area (Å²) in [5.74, 6) is 0. The van der Waals surface area contributed by atoms with Crippen LogP contribution in [0.2, 0.25) is 5.02 Å². The lowest BCUT2D eigenvalue weighted by Gasteiger charge is -2.03. The van der Waals surface area contributed by atoms with Crippen LogP contribution in [0.4, 0.5) is 0 Å². The van der Waals surface area contributed by atoms with Gasteiger partial charge in [0.2, 0.25) is 0 Å². The first kappa shape index (κ1) is 11.0. The summed E-state index contributed by atoms with van der Waals surface area (Å²) in [5.41, 5.74) is 2.07. The quantitative estimate of drug-likeness (QED) is 0.496. The van der Waals surface area contributed by atoms with Gasteiger partial charge in [-0.05, 0) is 29.1 Å². The van der Waals surface area contributed by atoms with Crippen molar-refractivity contribution in [1.82, 2.24) is 5.10 Å². The first-order valence-corrected chi connectivity index (χ1v) is 5.87. The number of para-hydroxylation sites is 1. The summed E-state index contributed by atoms with van der Waals surface area (Å²) in [6.45, 7) is 0. The number of halogens is 1. The van der Waals surface area contributed by atoms with Gasteiger partial charge < -0.3 is 5.21 Å². The van der Waals surface area contributed by atoms with Crippen molar-refractivity contribution < 1.29 is 4.85 Å². The Labute approximate surface area is 109 Å². The molecule has 0 amide bonds. The van der Waals surface area contributed by atoms with Gasteiger partial charge in [0.05, 0.1) is 5.39 Å². The molecule has 0 aliphatic carbocycles. The number of rotatable bonds is 1. The summed E-state index contributed by atoms with van der Waals surface area (Å²) in [4.78, 5) is 0.652. The maximum atomic E-state index is 11.8. The average Bonchev–Trinajstić information content (AvgIpc) is 2.39. The Kier molecular flexibility index (Phi) is 2.61. The molecule has 0 saturated carbocycles. The van der Waals surface area contributed by atoms with Crippen molar-refractivity contribution in [1.29, 1.82) is 0 Å². The zero-order valence-electron chi connectivity index (χ0n) is 9.38. The Hall–Kier alpha value is -2.13. The van der Waals surface area contributed by atoms with E-state index in [-0.39, 0.29) is 0 Å². The van der Waals surface area contributed by atoms with Crippen LogP contribution in [0.25, 0.3) is 22.2 Å². The number of aromatic nitrogens is 2. The van der Waals surface area contributed by atoms with Gasteiger partial charge in [-0.25, -0.2) is 0 Å². The molecule has 0 saturated heterocycles. The van der Waals surface area contributed by atoms with Crippen LogP contribution < -0.4 is 4.85 Å². The highest BCUT2D eigenvalue weighted by Crippen LogP contribution is 2.21. The van der Waals surface area contributed by atoms with Crippen LogP contribution in [0.5, 0.6) is 0 Å². The first-order valence-electron chi connectivity index (χ1n) is 5.49. The average molecular weight is 257 g/mol. The van der Waals surface area contributed by atoms with E-state index in [0.29, 0.717) is 21.1 Å². The summed E-state index contributed by atoms with van der Waals surface area (Å²) < 4.78 is 0. The minimum Gasteiger partial charge on any atom is -0.594 e. The molecule has 88 valence electrons. The Bertz CT molecular complexity index is 711. The van der Waals surface area contributed by atoms with Crippen molar-refractivity contribution in [3.8, 4) is 11.3 Å². The Morgan fingerprint density at radius 1 is 1.00 bits per heavy atom. The van der Waals surface area contributed by atoms with E-state index in [1.165, 1.54) is 0 Å². The highest BCUT2D eigenvalue weighted by Gasteiger charge is 2.09. The van der Waals surface area contributed by atoms with E-state index in [9.17, 15) is 5.21 Å². The molecule has 0 N–H and O–H groups in total. The third-order valence-corrected chi connectivity index (χ3v) is 3.03. The number of nitrogens with zero attached hydrogens (tertiary/aromatic N) is 2. The number of fused-ring (bicyclic) bond motifs is 1. The molecule has 3 nitrogen and oxygen atoms in total. The minimum absolute atomic E-state index is 0.565. The molecule has 0 radical (unpaired) electrons. The van der Waals surface area contributed by atoms with Crippen LogP contribution in [0.3, 0.4) is 0 Å². The van der Waals surface area contributed by atoms with Crippen LogP contribution >= 0.6 is 11.6 Å². The number of hydrogen-bond donors (Lipinski definition) is 0.